The molecule has 2 heterocycles. The zero-order chi connectivity index (χ0) is 13.1. The molecule has 2 atom stereocenters. The van der Waals surface area contributed by atoms with Crippen LogP contribution < -0.4 is 10.6 Å². The predicted octanol–water partition coefficient (Wildman–Crippen LogP) is 0.243. The van der Waals surface area contributed by atoms with Gasteiger partial charge in [0.15, 0.2) is 0 Å². The number of carbonyl (C=O) groups is 2. The highest BCUT2D eigenvalue weighted by Crippen LogP contribution is 2.24. The van der Waals surface area contributed by atoms with Gasteiger partial charge in [-0.3, -0.25) is 4.79 Å². The summed E-state index contributed by atoms with van der Waals surface area (Å²) in [6.07, 6.45) is 2.43. The molecule has 0 saturated carbocycles. The number of nitrogens with zero attached hydrogens (tertiary/aromatic N) is 1. The van der Waals surface area contributed by atoms with Gasteiger partial charge in [-0.25, -0.2) is 4.79 Å². The number of amides is 2. The summed E-state index contributed by atoms with van der Waals surface area (Å²) in [6.45, 7) is 4.21. The van der Waals surface area contributed by atoms with Crippen LogP contribution in [0.3, 0.4) is 0 Å². The molecule has 2 rings (SSSR count). The molecule has 6 nitrogen and oxygen atoms in total. The van der Waals surface area contributed by atoms with Gasteiger partial charge in [0.25, 0.3) is 0 Å². The van der Waals surface area contributed by atoms with Crippen LogP contribution >= 0.6 is 0 Å². The van der Waals surface area contributed by atoms with Crippen LogP contribution in [0, 0.1) is 5.92 Å². The number of hydrogen-bond acceptors (Lipinski definition) is 3. The first-order chi connectivity index (χ1) is 8.59. The molecular formula is C12H21N3O3. The molecule has 102 valence electrons. The Bertz CT molecular complexity index is 329. The van der Waals surface area contributed by atoms with E-state index < -0.39 is 11.9 Å². The van der Waals surface area contributed by atoms with E-state index in [1.54, 1.807) is 4.90 Å². The number of rotatable bonds is 2. The molecule has 0 spiro atoms. The molecule has 2 fully saturated rings. The van der Waals surface area contributed by atoms with Gasteiger partial charge in [-0.2, -0.15) is 0 Å². The normalized spacial score (nSPS) is 29.3. The van der Waals surface area contributed by atoms with E-state index in [-0.39, 0.29) is 18.1 Å². The zero-order valence-corrected chi connectivity index (χ0v) is 10.7. The van der Waals surface area contributed by atoms with E-state index in [0.717, 1.165) is 25.9 Å². The molecule has 0 radical (unpaired) electrons. The second-order valence-electron chi connectivity index (χ2n) is 5.14. The summed E-state index contributed by atoms with van der Waals surface area (Å²) < 4.78 is 0. The van der Waals surface area contributed by atoms with Crippen LogP contribution in [0.4, 0.5) is 4.79 Å². The Balaban J connectivity index is 1.87. The van der Waals surface area contributed by atoms with Crippen molar-refractivity contribution in [3.63, 3.8) is 0 Å². The predicted molar refractivity (Wildman–Crippen MR) is 66.3 cm³/mol. The number of piperidine rings is 1. The molecule has 18 heavy (non-hydrogen) atoms. The lowest BCUT2D eigenvalue weighted by Gasteiger charge is -2.29. The average molecular weight is 255 g/mol. The molecule has 0 bridgehead atoms. The summed E-state index contributed by atoms with van der Waals surface area (Å²) in [6, 6.07) is -0.114. The molecule has 0 aromatic heterocycles. The van der Waals surface area contributed by atoms with E-state index in [0.29, 0.717) is 13.0 Å². The van der Waals surface area contributed by atoms with Crippen molar-refractivity contribution in [3.05, 3.63) is 0 Å². The van der Waals surface area contributed by atoms with Crippen LogP contribution in [0.15, 0.2) is 0 Å². The highest BCUT2D eigenvalue weighted by atomic mass is 16.4. The van der Waals surface area contributed by atoms with E-state index in [2.05, 4.69) is 10.6 Å². The number of aliphatic carboxylic acids is 1. The maximum absolute atomic E-state index is 12.1. The molecule has 2 amide bonds. The van der Waals surface area contributed by atoms with Gasteiger partial charge >= 0.3 is 12.0 Å². The smallest absolute Gasteiger partial charge is 0.317 e. The molecule has 2 aliphatic rings. The van der Waals surface area contributed by atoms with Gasteiger partial charge in [-0.15, -0.1) is 0 Å². The van der Waals surface area contributed by atoms with Crippen molar-refractivity contribution in [1.82, 2.24) is 15.5 Å². The minimum absolute atomic E-state index is 0.113. The maximum atomic E-state index is 12.1. The second-order valence-corrected chi connectivity index (χ2v) is 5.14. The fourth-order valence-corrected chi connectivity index (χ4v) is 2.78. The number of likely N-dealkylation sites (tertiary alicyclic amines) is 1. The largest absolute Gasteiger partial charge is 0.481 e. The Morgan fingerprint density at radius 1 is 1.28 bits per heavy atom. The van der Waals surface area contributed by atoms with Gasteiger partial charge in [-0.05, 0) is 39.3 Å². The minimum Gasteiger partial charge on any atom is -0.481 e. The van der Waals surface area contributed by atoms with Gasteiger partial charge in [0.1, 0.15) is 0 Å². The number of nitrogens with one attached hydrogen (secondary N) is 2. The van der Waals surface area contributed by atoms with E-state index >= 15 is 0 Å². The number of carboxylic acids is 1. The standard InChI is InChI=1S/C12H21N3O3/c1-8-10(11(16)17)4-7-15(8)12(18)14-9-2-5-13-6-3-9/h8-10,13H,2-7H2,1H3,(H,14,18)(H,16,17). The molecule has 0 aliphatic carbocycles. The minimum atomic E-state index is -0.806. The fourth-order valence-electron chi connectivity index (χ4n) is 2.78. The molecule has 2 aliphatic heterocycles. The van der Waals surface area contributed by atoms with Crippen LogP contribution in [0.5, 0.6) is 0 Å². The first-order valence-corrected chi connectivity index (χ1v) is 6.60. The Labute approximate surface area is 107 Å². The van der Waals surface area contributed by atoms with Crippen LogP contribution in [-0.4, -0.2) is 53.7 Å². The topological polar surface area (TPSA) is 81.7 Å². The van der Waals surface area contributed by atoms with E-state index in [9.17, 15) is 9.59 Å². The summed E-state index contributed by atoms with van der Waals surface area (Å²) in [5, 5.41) is 15.3. The van der Waals surface area contributed by atoms with E-state index in [1.165, 1.54) is 0 Å². The molecule has 2 saturated heterocycles. The lowest BCUT2D eigenvalue weighted by Crippen LogP contribution is -2.50. The lowest BCUT2D eigenvalue weighted by atomic mass is 10.0. The SMILES string of the molecule is CC1C(C(=O)O)CCN1C(=O)NC1CCNCC1. The molecule has 0 aromatic carbocycles. The number of hydrogen-bond donors (Lipinski definition) is 3. The summed E-state index contributed by atoms with van der Waals surface area (Å²) in [5.74, 6) is -1.23. The third-order valence-electron chi connectivity index (χ3n) is 4.00. The average Bonchev–Trinajstić information content (AvgIpc) is 2.72. The Morgan fingerprint density at radius 3 is 2.50 bits per heavy atom. The number of urea groups is 1. The lowest BCUT2D eigenvalue weighted by molar-refractivity contribution is -0.142. The second kappa shape index (κ2) is 5.56. The van der Waals surface area contributed by atoms with Crippen molar-refractivity contribution in [3.8, 4) is 0 Å². The van der Waals surface area contributed by atoms with Gasteiger partial charge in [-0.1, -0.05) is 0 Å². The zero-order valence-electron chi connectivity index (χ0n) is 10.7. The third-order valence-corrected chi connectivity index (χ3v) is 4.00. The first kappa shape index (κ1) is 13.1. The van der Waals surface area contributed by atoms with E-state index in [4.69, 9.17) is 5.11 Å². The fraction of sp³-hybridized carbons (Fsp3) is 0.833. The Hall–Kier alpha value is -1.30. The summed E-state index contributed by atoms with van der Waals surface area (Å²) >= 11 is 0. The van der Waals surface area contributed by atoms with Crippen molar-refractivity contribution < 1.29 is 14.7 Å². The van der Waals surface area contributed by atoms with Gasteiger partial charge in [0.2, 0.25) is 0 Å². The van der Waals surface area contributed by atoms with Crippen molar-refractivity contribution >= 4 is 12.0 Å². The third kappa shape index (κ3) is 2.75. The maximum Gasteiger partial charge on any atom is 0.317 e. The van der Waals surface area contributed by atoms with Crippen molar-refractivity contribution in [2.24, 2.45) is 5.92 Å². The Morgan fingerprint density at radius 2 is 1.94 bits per heavy atom. The van der Waals surface area contributed by atoms with Crippen LogP contribution in [-0.2, 0) is 4.79 Å². The van der Waals surface area contributed by atoms with Crippen LogP contribution in [0.2, 0.25) is 0 Å². The summed E-state index contributed by atoms with van der Waals surface area (Å²) in [5.41, 5.74) is 0. The summed E-state index contributed by atoms with van der Waals surface area (Å²) in [7, 11) is 0. The first-order valence-electron chi connectivity index (χ1n) is 6.60. The van der Waals surface area contributed by atoms with Crippen molar-refractivity contribution in [2.45, 2.75) is 38.3 Å². The molecule has 2 unspecified atom stereocenters. The molecule has 0 aromatic rings. The van der Waals surface area contributed by atoms with Crippen molar-refractivity contribution in [2.75, 3.05) is 19.6 Å². The van der Waals surface area contributed by atoms with Crippen LogP contribution in [0.25, 0.3) is 0 Å². The Kier molecular flexibility index (Phi) is 4.06. The number of carbonyl (C=O) groups excluding carboxylic acids is 1. The molecule has 6 heteroatoms. The van der Waals surface area contributed by atoms with Gasteiger partial charge in [0, 0.05) is 18.6 Å². The monoisotopic (exact) mass is 255 g/mol. The molecular weight excluding hydrogens is 234 g/mol. The summed E-state index contributed by atoms with van der Waals surface area (Å²) in [4.78, 5) is 24.8. The molecule has 3 N–H and O–H groups in total. The number of carboxylic acid groups (broad SMARTS) is 1. The quantitative estimate of drug-likeness (QED) is 0.660. The van der Waals surface area contributed by atoms with Crippen molar-refractivity contribution in [1.29, 1.82) is 0 Å². The highest BCUT2D eigenvalue weighted by molar-refractivity contribution is 5.78. The van der Waals surface area contributed by atoms with Crippen LogP contribution in [0.1, 0.15) is 26.2 Å². The van der Waals surface area contributed by atoms with Gasteiger partial charge < -0.3 is 20.6 Å². The van der Waals surface area contributed by atoms with E-state index in [1.807, 2.05) is 6.92 Å². The van der Waals surface area contributed by atoms with Gasteiger partial charge in [0.05, 0.1) is 5.92 Å². The highest BCUT2D eigenvalue weighted by Gasteiger charge is 2.38.